The molecule has 0 radical (unpaired) electrons. The highest BCUT2D eigenvalue weighted by molar-refractivity contribution is 5.88. The lowest BCUT2D eigenvalue weighted by molar-refractivity contribution is 0.617. The average molecular weight is 281 g/mol. The Kier molecular flexibility index (Phi) is 5.52. The van der Waals surface area contributed by atoms with Gasteiger partial charge in [-0.1, -0.05) is 37.3 Å². The fourth-order valence-electron chi connectivity index (χ4n) is 2.78. The molecule has 0 saturated heterocycles. The first-order valence-corrected chi connectivity index (χ1v) is 7.46. The van der Waals surface area contributed by atoms with Crippen LogP contribution in [-0.2, 0) is 0 Å². The molecule has 0 amide bonds. The zero-order valence-corrected chi connectivity index (χ0v) is 12.5. The van der Waals surface area contributed by atoms with E-state index in [-0.39, 0.29) is 0 Å². The summed E-state index contributed by atoms with van der Waals surface area (Å²) in [7, 11) is 0. The molecule has 0 aliphatic carbocycles. The first kappa shape index (κ1) is 15.3. The van der Waals surface area contributed by atoms with Crippen molar-refractivity contribution in [2.45, 2.75) is 25.7 Å². The van der Waals surface area contributed by atoms with Crippen LogP contribution in [0.5, 0.6) is 0 Å². The van der Waals surface area contributed by atoms with E-state index in [1.165, 1.54) is 22.7 Å². The summed E-state index contributed by atoms with van der Waals surface area (Å²) in [4.78, 5) is 3.50. The topological polar surface area (TPSA) is 65.7 Å². The third-order valence-corrected chi connectivity index (χ3v) is 3.77. The average Bonchev–Trinajstić information content (AvgIpc) is 2.87. The van der Waals surface area contributed by atoms with Gasteiger partial charge in [-0.25, -0.2) is 0 Å². The number of aromatic nitrogens is 1. The molecule has 110 valence electrons. The monoisotopic (exact) mass is 281 g/mol. The smallest absolute Gasteiger partial charge is 0.0461 e. The van der Waals surface area contributed by atoms with Crippen molar-refractivity contribution in [1.82, 2.24) is 4.98 Å². The van der Waals surface area contributed by atoms with E-state index < -0.39 is 0 Å². The van der Waals surface area contributed by atoms with Gasteiger partial charge in [-0.15, -0.1) is 0 Å². The molecule has 0 bridgehead atoms. The summed E-state index contributed by atoms with van der Waals surface area (Å²) < 4.78 is 0. The lowest BCUT2D eigenvalue weighted by Crippen LogP contribution is -2.07. The minimum atomic E-state index is 0.470. The van der Waals surface area contributed by atoms with E-state index >= 15 is 0 Å². The van der Waals surface area contributed by atoms with Gasteiger partial charge in [0.1, 0.15) is 0 Å². The number of hydrogen-bond donors (Lipinski definition) is 3. The summed E-state index contributed by atoms with van der Waals surface area (Å²) in [5, 5.41) is 8.29. The summed E-state index contributed by atoms with van der Waals surface area (Å²) in [5.41, 5.74) is 9.45. The summed E-state index contributed by atoms with van der Waals surface area (Å²) in [5.74, 6) is 0.470. The Balaban J connectivity index is 2.49. The second-order valence-electron chi connectivity index (χ2n) is 5.09. The maximum Gasteiger partial charge on any atom is 0.0461 e. The zero-order chi connectivity index (χ0) is 15.1. The molecule has 1 unspecified atom stereocenters. The Hall–Kier alpha value is -2.13. The Labute approximate surface area is 126 Å². The molecule has 21 heavy (non-hydrogen) atoms. The summed E-state index contributed by atoms with van der Waals surface area (Å²) >= 11 is 0. The molecule has 3 nitrogen and oxygen atoms in total. The van der Waals surface area contributed by atoms with Gasteiger partial charge in [-0.2, -0.15) is 0 Å². The third-order valence-electron chi connectivity index (χ3n) is 3.77. The number of rotatable bonds is 7. The van der Waals surface area contributed by atoms with Crippen LogP contribution in [0.1, 0.15) is 36.9 Å². The summed E-state index contributed by atoms with van der Waals surface area (Å²) in [6, 6.07) is 8.41. The summed E-state index contributed by atoms with van der Waals surface area (Å²) in [6.45, 7) is 2.92. The molecule has 2 aromatic rings. The Morgan fingerprint density at radius 1 is 1.24 bits per heavy atom. The molecule has 1 heterocycles. The second kappa shape index (κ2) is 7.60. The van der Waals surface area contributed by atoms with Crippen LogP contribution in [-0.4, -0.2) is 17.7 Å². The lowest BCUT2D eigenvalue weighted by Gasteiger charge is -2.14. The quantitative estimate of drug-likeness (QED) is 0.516. The minimum Gasteiger partial charge on any atom is -0.355 e. The fraction of sp³-hybridized carbons (Fsp3) is 0.278. The number of hydrogen-bond acceptors (Lipinski definition) is 2. The molecule has 0 saturated carbocycles. The first-order chi connectivity index (χ1) is 10.3. The number of aromatic amines is 1. The van der Waals surface area contributed by atoms with Crippen LogP contribution < -0.4 is 5.73 Å². The van der Waals surface area contributed by atoms with Gasteiger partial charge in [0.05, 0.1) is 0 Å². The highest BCUT2D eigenvalue weighted by Gasteiger charge is 2.17. The van der Waals surface area contributed by atoms with Crippen molar-refractivity contribution in [2.75, 3.05) is 6.54 Å². The molecular formula is C18H23N3. The molecule has 0 aliphatic rings. The van der Waals surface area contributed by atoms with Crippen molar-refractivity contribution in [3.05, 3.63) is 53.8 Å². The molecule has 2 rings (SSSR count). The Bertz CT molecular complexity index is 650. The minimum absolute atomic E-state index is 0.470. The highest BCUT2D eigenvalue weighted by Crippen LogP contribution is 2.33. The van der Waals surface area contributed by atoms with Crippen LogP contribution in [0.4, 0.5) is 0 Å². The van der Waals surface area contributed by atoms with E-state index in [0.717, 1.165) is 18.5 Å². The normalized spacial score (nSPS) is 13.4. The first-order valence-electron chi connectivity index (χ1n) is 7.46. The van der Waals surface area contributed by atoms with Crippen molar-refractivity contribution in [1.29, 1.82) is 5.41 Å². The van der Waals surface area contributed by atoms with Crippen LogP contribution in [0.15, 0.2) is 42.5 Å². The van der Waals surface area contributed by atoms with Crippen LogP contribution >= 0.6 is 0 Å². The van der Waals surface area contributed by atoms with E-state index in [9.17, 15) is 0 Å². The van der Waals surface area contributed by atoms with Gasteiger partial charge in [0.15, 0.2) is 0 Å². The number of para-hydroxylation sites is 1. The molecule has 1 aromatic heterocycles. The van der Waals surface area contributed by atoms with Crippen molar-refractivity contribution in [3.63, 3.8) is 0 Å². The Morgan fingerprint density at radius 2 is 2.05 bits per heavy atom. The fourth-order valence-corrected chi connectivity index (χ4v) is 2.78. The van der Waals surface area contributed by atoms with Gasteiger partial charge >= 0.3 is 0 Å². The highest BCUT2D eigenvalue weighted by atomic mass is 14.7. The number of fused-ring (bicyclic) bond motifs is 1. The standard InChI is InChI=1S/C18H23N3/c1-2-14(11-13-20)18-15-8-5-6-9-16(15)21-17(18)10-4-3-7-12-19/h3-10,12,14,19,21H,2,11,13,20H2,1H3/b7-3-,10-4+,19-12?. The van der Waals surface area contributed by atoms with Gasteiger partial charge in [0.25, 0.3) is 0 Å². The maximum absolute atomic E-state index is 7.00. The number of allylic oxidation sites excluding steroid dienone is 3. The van der Waals surface area contributed by atoms with Crippen LogP contribution in [0.25, 0.3) is 17.0 Å². The molecule has 3 heteroatoms. The van der Waals surface area contributed by atoms with E-state index in [1.54, 1.807) is 6.08 Å². The number of nitrogens with two attached hydrogens (primary N) is 1. The van der Waals surface area contributed by atoms with E-state index in [4.69, 9.17) is 11.1 Å². The van der Waals surface area contributed by atoms with Gasteiger partial charge < -0.3 is 16.1 Å². The molecule has 0 aliphatic heterocycles. The molecule has 0 spiro atoms. The van der Waals surface area contributed by atoms with Gasteiger partial charge in [-0.05, 0) is 49.1 Å². The molecule has 4 N–H and O–H groups in total. The van der Waals surface area contributed by atoms with Gasteiger partial charge in [0, 0.05) is 22.8 Å². The van der Waals surface area contributed by atoms with Crippen LogP contribution in [0.3, 0.4) is 0 Å². The van der Waals surface area contributed by atoms with Crippen molar-refractivity contribution < 1.29 is 0 Å². The van der Waals surface area contributed by atoms with Crippen molar-refractivity contribution in [3.8, 4) is 0 Å². The van der Waals surface area contributed by atoms with E-state index in [0.29, 0.717) is 12.5 Å². The third kappa shape index (κ3) is 3.50. The molecule has 1 atom stereocenters. The lowest BCUT2D eigenvalue weighted by atomic mass is 9.90. The number of H-pyrrole nitrogens is 1. The van der Waals surface area contributed by atoms with Crippen LogP contribution in [0, 0.1) is 5.41 Å². The SMILES string of the molecule is CCC(CCN)c1c(/C=C/C=C\C=N)[nH]c2ccccc12. The predicted octanol–water partition coefficient (Wildman–Crippen LogP) is 4.23. The van der Waals surface area contributed by atoms with Crippen molar-refractivity contribution in [2.24, 2.45) is 5.73 Å². The Morgan fingerprint density at radius 3 is 2.76 bits per heavy atom. The molecule has 1 aromatic carbocycles. The number of benzene rings is 1. The maximum atomic E-state index is 7.00. The predicted molar refractivity (Wildman–Crippen MR) is 92.0 cm³/mol. The van der Waals surface area contributed by atoms with Crippen molar-refractivity contribution >= 4 is 23.2 Å². The molecule has 0 fully saturated rings. The van der Waals surface area contributed by atoms with Crippen LogP contribution in [0.2, 0.25) is 0 Å². The number of nitrogens with one attached hydrogen (secondary N) is 2. The van der Waals surface area contributed by atoms with E-state index in [2.05, 4.69) is 42.2 Å². The van der Waals surface area contributed by atoms with E-state index in [1.807, 2.05) is 12.2 Å². The zero-order valence-electron chi connectivity index (χ0n) is 12.5. The largest absolute Gasteiger partial charge is 0.355 e. The molecular weight excluding hydrogens is 258 g/mol. The van der Waals surface area contributed by atoms with Gasteiger partial charge in [0.2, 0.25) is 0 Å². The second-order valence-corrected chi connectivity index (χ2v) is 5.09. The van der Waals surface area contributed by atoms with Gasteiger partial charge in [-0.3, -0.25) is 0 Å². The summed E-state index contributed by atoms with van der Waals surface area (Å²) in [6.07, 6.45) is 11.0.